The molecule has 6 heteroatoms. The Morgan fingerprint density at radius 1 is 1.11 bits per heavy atom. The maximum atomic E-state index is 13.4. The summed E-state index contributed by atoms with van der Waals surface area (Å²) in [4.78, 5) is 23.7. The van der Waals surface area contributed by atoms with Crippen LogP contribution >= 0.6 is 11.6 Å². The van der Waals surface area contributed by atoms with E-state index in [-0.39, 0.29) is 17.9 Å². The first-order valence-corrected chi connectivity index (χ1v) is 9.23. The predicted molar refractivity (Wildman–Crippen MR) is 106 cm³/mol. The van der Waals surface area contributed by atoms with Crippen molar-refractivity contribution in [3.63, 3.8) is 0 Å². The molecule has 1 fully saturated rings. The lowest BCUT2D eigenvalue weighted by atomic mass is 10.1. The Bertz CT molecular complexity index is 973. The van der Waals surface area contributed by atoms with Gasteiger partial charge in [0, 0.05) is 29.4 Å². The molecule has 1 heterocycles. The fourth-order valence-corrected chi connectivity index (χ4v) is 3.28. The fraction of sp³-hybridized carbons (Fsp3) is 0.190. The minimum absolute atomic E-state index is 0.101. The third-order valence-corrected chi connectivity index (χ3v) is 5.00. The molecular formula is C21H19ClN4O. The molecule has 2 aromatic carbocycles. The first-order valence-electron chi connectivity index (χ1n) is 8.86. The Hall–Kier alpha value is -2.92. The van der Waals surface area contributed by atoms with Gasteiger partial charge in [-0.3, -0.25) is 4.79 Å². The molecule has 3 aromatic rings. The minimum Gasteiger partial charge on any atom is -0.368 e. The van der Waals surface area contributed by atoms with Crippen LogP contribution in [-0.4, -0.2) is 26.8 Å². The van der Waals surface area contributed by atoms with E-state index >= 15 is 0 Å². The Morgan fingerprint density at radius 3 is 2.52 bits per heavy atom. The molecule has 5 nitrogen and oxygen atoms in total. The molecular weight excluding hydrogens is 360 g/mol. The number of aromatic nitrogens is 2. The maximum absolute atomic E-state index is 13.4. The normalized spacial score (nSPS) is 13.4. The fourth-order valence-electron chi connectivity index (χ4n) is 3.09. The van der Waals surface area contributed by atoms with Gasteiger partial charge in [0.15, 0.2) is 0 Å². The van der Waals surface area contributed by atoms with Gasteiger partial charge in [-0.25, -0.2) is 9.97 Å². The monoisotopic (exact) mass is 378 g/mol. The molecule has 2 N–H and O–H groups in total. The van der Waals surface area contributed by atoms with Crippen molar-refractivity contribution < 1.29 is 4.79 Å². The molecule has 0 atom stereocenters. The molecule has 0 aliphatic heterocycles. The third-order valence-electron chi connectivity index (χ3n) is 4.63. The van der Waals surface area contributed by atoms with Crippen LogP contribution in [-0.2, 0) is 6.54 Å². The average molecular weight is 379 g/mol. The average Bonchev–Trinajstić information content (AvgIpc) is 3.52. The number of anilines is 1. The van der Waals surface area contributed by atoms with E-state index in [4.69, 9.17) is 17.3 Å². The zero-order chi connectivity index (χ0) is 18.8. The topological polar surface area (TPSA) is 72.1 Å². The quantitative estimate of drug-likeness (QED) is 0.722. The predicted octanol–water partition coefficient (Wildman–Crippen LogP) is 4.18. The van der Waals surface area contributed by atoms with Gasteiger partial charge >= 0.3 is 0 Å². The number of nitrogen functional groups attached to an aromatic ring is 1. The van der Waals surface area contributed by atoms with E-state index in [0.29, 0.717) is 22.8 Å². The number of amides is 1. The molecule has 1 saturated carbocycles. The summed E-state index contributed by atoms with van der Waals surface area (Å²) in [5.41, 5.74) is 8.56. The molecule has 0 saturated heterocycles. The van der Waals surface area contributed by atoms with Crippen LogP contribution in [0.15, 0.2) is 60.8 Å². The highest BCUT2D eigenvalue weighted by Gasteiger charge is 2.34. The maximum Gasteiger partial charge on any atom is 0.258 e. The highest BCUT2D eigenvalue weighted by molar-refractivity contribution is 6.31. The molecule has 0 radical (unpaired) electrons. The molecule has 136 valence electrons. The van der Waals surface area contributed by atoms with Gasteiger partial charge in [-0.05, 0) is 24.5 Å². The molecule has 0 bridgehead atoms. The largest absolute Gasteiger partial charge is 0.368 e. The zero-order valence-corrected chi connectivity index (χ0v) is 15.4. The summed E-state index contributed by atoms with van der Waals surface area (Å²) >= 11 is 6.31. The van der Waals surface area contributed by atoms with Crippen molar-refractivity contribution in [3.8, 4) is 11.3 Å². The minimum atomic E-state index is -0.101. The van der Waals surface area contributed by atoms with Crippen molar-refractivity contribution in [2.45, 2.75) is 25.4 Å². The SMILES string of the molecule is Nc1ncc(C(=O)N(Cc2ccccc2Cl)C2CC2)c(-c2ccccc2)n1. The molecule has 1 aliphatic carbocycles. The second-order valence-electron chi connectivity index (χ2n) is 6.61. The van der Waals surface area contributed by atoms with Crippen LogP contribution in [0.4, 0.5) is 5.95 Å². The van der Waals surface area contributed by atoms with Crippen LogP contribution in [0.25, 0.3) is 11.3 Å². The molecule has 4 rings (SSSR count). The van der Waals surface area contributed by atoms with Gasteiger partial charge in [-0.2, -0.15) is 0 Å². The Morgan fingerprint density at radius 2 is 1.81 bits per heavy atom. The number of nitrogens with zero attached hydrogens (tertiary/aromatic N) is 3. The Kier molecular flexibility index (Phi) is 4.77. The molecule has 27 heavy (non-hydrogen) atoms. The third kappa shape index (κ3) is 3.78. The number of hydrogen-bond donors (Lipinski definition) is 1. The lowest BCUT2D eigenvalue weighted by Gasteiger charge is -2.24. The number of nitrogens with two attached hydrogens (primary N) is 1. The van der Waals surface area contributed by atoms with Crippen molar-refractivity contribution in [1.82, 2.24) is 14.9 Å². The van der Waals surface area contributed by atoms with Crippen LogP contribution in [0.2, 0.25) is 5.02 Å². The molecule has 1 aromatic heterocycles. The standard InChI is InChI=1S/C21H19ClN4O/c22-18-9-5-4-8-15(18)13-26(16-10-11-16)20(27)17-12-24-21(23)25-19(17)14-6-2-1-3-7-14/h1-9,12,16H,10-11,13H2,(H2,23,24,25). The summed E-state index contributed by atoms with van der Waals surface area (Å²) in [6, 6.07) is 17.4. The molecule has 0 spiro atoms. The van der Waals surface area contributed by atoms with Crippen molar-refractivity contribution in [2.75, 3.05) is 5.73 Å². The molecule has 1 amide bonds. The summed E-state index contributed by atoms with van der Waals surface area (Å²) in [5, 5.41) is 0.660. The van der Waals surface area contributed by atoms with Gasteiger partial charge in [0.25, 0.3) is 5.91 Å². The van der Waals surface area contributed by atoms with Crippen LogP contribution in [0.5, 0.6) is 0 Å². The summed E-state index contributed by atoms with van der Waals surface area (Å²) in [5.74, 6) is 0.0470. The van der Waals surface area contributed by atoms with Crippen molar-refractivity contribution in [2.24, 2.45) is 0 Å². The summed E-state index contributed by atoms with van der Waals surface area (Å²) in [7, 11) is 0. The van der Waals surface area contributed by atoms with Crippen molar-refractivity contribution in [1.29, 1.82) is 0 Å². The summed E-state index contributed by atoms with van der Waals surface area (Å²) in [6.07, 6.45) is 3.51. The van der Waals surface area contributed by atoms with Crippen LogP contribution in [0.3, 0.4) is 0 Å². The van der Waals surface area contributed by atoms with Gasteiger partial charge in [-0.1, -0.05) is 60.1 Å². The number of carbonyl (C=O) groups is 1. The zero-order valence-electron chi connectivity index (χ0n) is 14.7. The molecule has 1 aliphatic rings. The highest BCUT2D eigenvalue weighted by atomic mass is 35.5. The number of hydrogen-bond acceptors (Lipinski definition) is 4. The van der Waals surface area contributed by atoms with Gasteiger partial charge in [0.1, 0.15) is 0 Å². The van der Waals surface area contributed by atoms with Gasteiger partial charge in [0.2, 0.25) is 5.95 Å². The second kappa shape index (κ2) is 7.37. The molecule has 0 unspecified atom stereocenters. The van der Waals surface area contributed by atoms with E-state index < -0.39 is 0 Å². The van der Waals surface area contributed by atoms with E-state index in [1.54, 1.807) is 0 Å². The first-order chi connectivity index (χ1) is 13.1. The van der Waals surface area contributed by atoms with E-state index in [1.165, 1.54) is 6.20 Å². The van der Waals surface area contributed by atoms with Crippen molar-refractivity contribution in [3.05, 3.63) is 76.9 Å². The van der Waals surface area contributed by atoms with Gasteiger partial charge in [0.05, 0.1) is 11.3 Å². The number of halogens is 1. The number of benzene rings is 2. The number of rotatable bonds is 5. The van der Waals surface area contributed by atoms with Crippen LogP contribution < -0.4 is 5.73 Å². The van der Waals surface area contributed by atoms with Gasteiger partial charge < -0.3 is 10.6 Å². The first kappa shape index (κ1) is 17.5. The lowest BCUT2D eigenvalue weighted by molar-refractivity contribution is 0.0730. The smallest absolute Gasteiger partial charge is 0.258 e. The van der Waals surface area contributed by atoms with E-state index in [9.17, 15) is 4.79 Å². The van der Waals surface area contributed by atoms with Crippen LogP contribution in [0, 0.1) is 0 Å². The Labute approximate surface area is 162 Å². The highest BCUT2D eigenvalue weighted by Crippen LogP contribution is 2.33. The lowest BCUT2D eigenvalue weighted by Crippen LogP contribution is -2.33. The van der Waals surface area contributed by atoms with Gasteiger partial charge in [-0.15, -0.1) is 0 Å². The Balaban J connectivity index is 1.71. The van der Waals surface area contributed by atoms with Crippen molar-refractivity contribution >= 4 is 23.5 Å². The summed E-state index contributed by atoms with van der Waals surface area (Å²) < 4.78 is 0. The second-order valence-corrected chi connectivity index (χ2v) is 7.02. The van der Waals surface area contributed by atoms with E-state index in [2.05, 4.69) is 9.97 Å². The van der Waals surface area contributed by atoms with E-state index in [1.807, 2.05) is 59.5 Å². The summed E-state index contributed by atoms with van der Waals surface area (Å²) in [6.45, 7) is 0.460. The number of carbonyl (C=O) groups excluding carboxylic acids is 1. The van der Waals surface area contributed by atoms with Crippen LogP contribution in [0.1, 0.15) is 28.8 Å². The van der Waals surface area contributed by atoms with E-state index in [0.717, 1.165) is 24.0 Å².